The Bertz CT molecular complexity index is 909. The van der Waals surface area contributed by atoms with Crippen molar-refractivity contribution < 1.29 is 9.53 Å². The summed E-state index contributed by atoms with van der Waals surface area (Å²) in [6, 6.07) is 12.1. The van der Waals surface area contributed by atoms with Crippen LogP contribution in [-0.2, 0) is 16.0 Å². The van der Waals surface area contributed by atoms with Crippen LogP contribution in [0.1, 0.15) is 18.9 Å². The summed E-state index contributed by atoms with van der Waals surface area (Å²) in [6.45, 7) is 2.59. The molecule has 26 heavy (non-hydrogen) atoms. The molecule has 1 aromatic carbocycles. The SMILES string of the molecule is CCc1ccc(-n2c(S[C@@H]3CCOC3=O)nnc2-c2ccncc2)cc1. The minimum Gasteiger partial charge on any atom is -0.465 e. The Morgan fingerprint density at radius 1 is 1.15 bits per heavy atom. The molecule has 1 aliphatic rings. The molecular weight excluding hydrogens is 348 g/mol. The van der Waals surface area contributed by atoms with Crippen LogP contribution in [-0.4, -0.2) is 37.6 Å². The minimum absolute atomic E-state index is 0.184. The molecule has 1 aliphatic heterocycles. The van der Waals surface area contributed by atoms with Crippen molar-refractivity contribution in [2.24, 2.45) is 0 Å². The molecule has 0 radical (unpaired) electrons. The van der Waals surface area contributed by atoms with E-state index >= 15 is 0 Å². The van der Waals surface area contributed by atoms with Crippen LogP contribution >= 0.6 is 11.8 Å². The first kappa shape index (κ1) is 16.8. The van der Waals surface area contributed by atoms with E-state index < -0.39 is 0 Å². The topological polar surface area (TPSA) is 69.9 Å². The Kier molecular flexibility index (Phi) is 4.71. The van der Waals surface area contributed by atoms with E-state index in [1.165, 1.54) is 17.3 Å². The van der Waals surface area contributed by atoms with Crippen LogP contribution in [0.2, 0.25) is 0 Å². The number of aryl methyl sites for hydroxylation is 1. The van der Waals surface area contributed by atoms with Gasteiger partial charge in [0, 0.05) is 30.1 Å². The Balaban J connectivity index is 1.78. The van der Waals surface area contributed by atoms with Gasteiger partial charge < -0.3 is 4.74 Å². The van der Waals surface area contributed by atoms with Crippen LogP contribution < -0.4 is 0 Å². The number of rotatable bonds is 5. The van der Waals surface area contributed by atoms with Gasteiger partial charge in [0.2, 0.25) is 0 Å². The molecule has 0 saturated carbocycles. The van der Waals surface area contributed by atoms with Crippen LogP contribution in [0.5, 0.6) is 0 Å². The number of pyridine rings is 1. The van der Waals surface area contributed by atoms with E-state index in [0.29, 0.717) is 18.2 Å². The van der Waals surface area contributed by atoms with Gasteiger partial charge in [-0.3, -0.25) is 14.3 Å². The highest BCUT2D eigenvalue weighted by Crippen LogP contribution is 2.33. The first-order valence-electron chi connectivity index (χ1n) is 8.54. The Morgan fingerprint density at radius 2 is 1.92 bits per heavy atom. The van der Waals surface area contributed by atoms with Gasteiger partial charge in [0.15, 0.2) is 11.0 Å². The summed E-state index contributed by atoms with van der Waals surface area (Å²) in [5.74, 6) is 0.543. The highest BCUT2D eigenvalue weighted by Gasteiger charge is 2.30. The fourth-order valence-electron chi connectivity index (χ4n) is 2.86. The molecule has 0 aliphatic carbocycles. The number of hydrogen-bond donors (Lipinski definition) is 0. The molecule has 3 heterocycles. The zero-order valence-corrected chi connectivity index (χ0v) is 15.1. The van der Waals surface area contributed by atoms with Crippen LogP contribution in [0.4, 0.5) is 0 Å². The number of cyclic esters (lactones) is 1. The van der Waals surface area contributed by atoms with Crippen LogP contribution in [0.3, 0.4) is 0 Å². The lowest BCUT2D eigenvalue weighted by molar-refractivity contribution is -0.137. The molecule has 0 N–H and O–H groups in total. The number of esters is 1. The van der Waals surface area contributed by atoms with E-state index in [2.05, 4.69) is 46.4 Å². The van der Waals surface area contributed by atoms with Crippen LogP contribution in [0.25, 0.3) is 17.1 Å². The summed E-state index contributed by atoms with van der Waals surface area (Å²) in [4.78, 5) is 16.0. The average molecular weight is 366 g/mol. The van der Waals surface area contributed by atoms with Gasteiger partial charge in [-0.15, -0.1) is 10.2 Å². The third-order valence-corrected chi connectivity index (χ3v) is 5.50. The minimum atomic E-state index is -0.238. The van der Waals surface area contributed by atoms with Crippen molar-refractivity contribution in [3.8, 4) is 17.1 Å². The van der Waals surface area contributed by atoms with Gasteiger partial charge in [-0.25, -0.2) is 0 Å². The first-order valence-corrected chi connectivity index (χ1v) is 9.42. The summed E-state index contributed by atoms with van der Waals surface area (Å²) in [5.41, 5.74) is 3.15. The largest absolute Gasteiger partial charge is 0.465 e. The van der Waals surface area contributed by atoms with Gasteiger partial charge >= 0.3 is 5.97 Å². The van der Waals surface area contributed by atoms with E-state index in [-0.39, 0.29) is 11.2 Å². The quantitative estimate of drug-likeness (QED) is 0.645. The number of aromatic nitrogens is 4. The summed E-state index contributed by atoms with van der Waals surface area (Å²) < 4.78 is 7.07. The maximum Gasteiger partial charge on any atom is 0.319 e. The number of nitrogens with zero attached hydrogens (tertiary/aromatic N) is 4. The van der Waals surface area contributed by atoms with E-state index in [9.17, 15) is 4.79 Å². The number of carbonyl (C=O) groups excluding carboxylic acids is 1. The molecule has 4 rings (SSSR count). The highest BCUT2D eigenvalue weighted by molar-refractivity contribution is 8.00. The Hall–Kier alpha value is -2.67. The molecule has 1 fully saturated rings. The maximum atomic E-state index is 11.9. The Morgan fingerprint density at radius 3 is 2.58 bits per heavy atom. The summed E-state index contributed by atoms with van der Waals surface area (Å²) in [5, 5.41) is 9.19. The van der Waals surface area contributed by atoms with Crippen molar-refractivity contribution in [3.05, 3.63) is 54.4 Å². The molecule has 0 bridgehead atoms. The molecule has 1 saturated heterocycles. The zero-order chi connectivity index (χ0) is 17.9. The van der Waals surface area contributed by atoms with Gasteiger partial charge in [0.05, 0.1) is 6.61 Å². The third-order valence-electron chi connectivity index (χ3n) is 4.31. The standard InChI is InChI=1S/C19H18N4O2S/c1-2-13-3-5-15(6-4-13)23-17(14-7-10-20-11-8-14)21-22-19(23)26-16-9-12-25-18(16)24/h3-8,10-11,16H,2,9,12H2,1H3/t16-/m1/s1. The van der Waals surface area contributed by atoms with Crippen LogP contribution in [0, 0.1) is 0 Å². The second-order valence-electron chi connectivity index (χ2n) is 5.96. The van der Waals surface area contributed by atoms with Crippen LogP contribution in [0.15, 0.2) is 53.9 Å². The van der Waals surface area contributed by atoms with E-state index in [4.69, 9.17) is 4.74 Å². The molecule has 6 nitrogen and oxygen atoms in total. The second-order valence-corrected chi connectivity index (χ2v) is 7.13. The predicted octanol–water partition coefficient (Wildman–Crippen LogP) is 3.30. The lowest BCUT2D eigenvalue weighted by Crippen LogP contribution is -2.11. The van der Waals surface area contributed by atoms with Crippen molar-refractivity contribution in [2.45, 2.75) is 30.2 Å². The molecular formula is C19H18N4O2S. The van der Waals surface area contributed by atoms with E-state index in [1.807, 2.05) is 16.7 Å². The lowest BCUT2D eigenvalue weighted by Gasteiger charge is -2.12. The molecule has 0 amide bonds. The van der Waals surface area contributed by atoms with Crippen molar-refractivity contribution in [1.29, 1.82) is 0 Å². The number of benzene rings is 1. The highest BCUT2D eigenvalue weighted by atomic mass is 32.2. The number of thioether (sulfide) groups is 1. The fraction of sp³-hybridized carbons (Fsp3) is 0.263. The monoisotopic (exact) mass is 366 g/mol. The van der Waals surface area contributed by atoms with Crippen molar-refractivity contribution in [2.75, 3.05) is 6.61 Å². The van der Waals surface area contributed by atoms with Crippen molar-refractivity contribution in [3.63, 3.8) is 0 Å². The molecule has 7 heteroatoms. The molecule has 0 unspecified atom stereocenters. The molecule has 132 valence electrons. The molecule has 2 aromatic heterocycles. The Labute approximate surface area is 155 Å². The van der Waals surface area contributed by atoms with Gasteiger partial charge in [-0.05, 0) is 36.2 Å². The molecule has 3 aromatic rings. The van der Waals surface area contributed by atoms with E-state index in [1.54, 1.807) is 12.4 Å². The van der Waals surface area contributed by atoms with E-state index in [0.717, 1.165) is 23.5 Å². The normalized spacial score (nSPS) is 16.7. The zero-order valence-electron chi connectivity index (χ0n) is 14.3. The maximum absolute atomic E-state index is 11.9. The number of hydrogen-bond acceptors (Lipinski definition) is 6. The second kappa shape index (κ2) is 7.29. The summed E-state index contributed by atoms with van der Waals surface area (Å²) in [6.07, 6.45) is 5.14. The molecule has 1 atom stereocenters. The van der Waals surface area contributed by atoms with Gasteiger partial charge in [0.1, 0.15) is 5.25 Å². The summed E-state index contributed by atoms with van der Waals surface area (Å²) in [7, 11) is 0. The van der Waals surface area contributed by atoms with Crippen molar-refractivity contribution >= 4 is 17.7 Å². The number of carbonyl (C=O) groups is 1. The molecule has 0 spiro atoms. The van der Waals surface area contributed by atoms with Crippen molar-refractivity contribution in [1.82, 2.24) is 19.7 Å². The lowest BCUT2D eigenvalue weighted by atomic mass is 10.1. The smallest absolute Gasteiger partial charge is 0.319 e. The van der Waals surface area contributed by atoms with Gasteiger partial charge in [-0.1, -0.05) is 30.8 Å². The number of ether oxygens (including phenoxy) is 1. The summed E-state index contributed by atoms with van der Waals surface area (Å²) >= 11 is 1.41. The average Bonchev–Trinajstić information content (AvgIpc) is 3.29. The van der Waals surface area contributed by atoms with Gasteiger partial charge in [0.25, 0.3) is 0 Å². The first-order chi connectivity index (χ1) is 12.8. The third kappa shape index (κ3) is 3.22. The van der Waals surface area contributed by atoms with Gasteiger partial charge in [-0.2, -0.15) is 0 Å². The fourth-order valence-corrected chi connectivity index (χ4v) is 3.88. The predicted molar refractivity (Wildman–Crippen MR) is 99.2 cm³/mol.